The molecule has 0 fully saturated rings. The molecule has 3 heteroatoms. The molecule has 20 heavy (non-hydrogen) atoms. The lowest BCUT2D eigenvalue weighted by atomic mass is 10.1. The molecule has 0 aliphatic rings. The zero-order valence-corrected chi connectivity index (χ0v) is 12.0. The van der Waals surface area contributed by atoms with Gasteiger partial charge in [-0.3, -0.25) is 5.32 Å². The minimum Gasteiger partial charge on any atom is -0.468 e. The molecule has 3 nitrogen and oxygen atoms in total. The van der Waals surface area contributed by atoms with Crippen LogP contribution in [0.15, 0.2) is 51.5 Å². The second kappa shape index (κ2) is 5.17. The molecule has 0 aliphatic carbocycles. The van der Waals surface area contributed by atoms with Crippen LogP contribution in [0.2, 0.25) is 0 Å². The van der Waals surface area contributed by atoms with Gasteiger partial charge in [0.1, 0.15) is 17.1 Å². The molecule has 1 aromatic carbocycles. The van der Waals surface area contributed by atoms with Crippen LogP contribution in [0.25, 0.3) is 11.0 Å². The average molecular weight is 269 g/mol. The van der Waals surface area contributed by atoms with E-state index in [-0.39, 0.29) is 12.1 Å². The summed E-state index contributed by atoms with van der Waals surface area (Å²) in [5.74, 6) is 1.93. The maximum atomic E-state index is 5.99. The summed E-state index contributed by atoms with van der Waals surface area (Å²) in [6.45, 7) is 6.31. The summed E-state index contributed by atoms with van der Waals surface area (Å²) in [5, 5.41) is 4.70. The van der Waals surface area contributed by atoms with E-state index in [1.807, 2.05) is 30.3 Å². The largest absolute Gasteiger partial charge is 0.468 e. The molecule has 0 saturated carbocycles. The van der Waals surface area contributed by atoms with Crippen LogP contribution in [0, 0.1) is 6.92 Å². The first-order chi connectivity index (χ1) is 9.66. The summed E-state index contributed by atoms with van der Waals surface area (Å²) >= 11 is 0. The zero-order chi connectivity index (χ0) is 14.1. The van der Waals surface area contributed by atoms with Crippen molar-refractivity contribution < 1.29 is 8.83 Å². The Labute approximate surface area is 118 Å². The Kier molecular flexibility index (Phi) is 3.36. The summed E-state index contributed by atoms with van der Waals surface area (Å²) in [7, 11) is 0. The first kappa shape index (κ1) is 13.0. The van der Waals surface area contributed by atoms with Gasteiger partial charge in [-0.25, -0.2) is 0 Å². The SMILES string of the molecule is Cc1c(C(C)N[C@H](C)c2ccco2)oc2ccccc12. The molecule has 1 N–H and O–H groups in total. The molecule has 0 bridgehead atoms. The van der Waals surface area contributed by atoms with Crippen molar-refractivity contribution >= 4 is 11.0 Å². The second-order valence-electron chi connectivity index (χ2n) is 5.21. The van der Waals surface area contributed by atoms with Gasteiger partial charge in [0.25, 0.3) is 0 Å². The van der Waals surface area contributed by atoms with Crippen molar-refractivity contribution in [3.63, 3.8) is 0 Å². The molecular weight excluding hydrogens is 250 g/mol. The Morgan fingerprint density at radius 2 is 1.80 bits per heavy atom. The van der Waals surface area contributed by atoms with Gasteiger partial charge in [0.05, 0.1) is 18.3 Å². The fraction of sp³-hybridized carbons (Fsp3) is 0.294. The van der Waals surface area contributed by atoms with Gasteiger partial charge in [-0.15, -0.1) is 0 Å². The summed E-state index contributed by atoms with van der Waals surface area (Å²) in [5.41, 5.74) is 2.14. The minimum absolute atomic E-state index is 0.127. The fourth-order valence-electron chi connectivity index (χ4n) is 2.68. The highest BCUT2D eigenvalue weighted by molar-refractivity contribution is 5.82. The molecule has 2 heterocycles. The van der Waals surface area contributed by atoms with E-state index in [0.29, 0.717) is 0 Å². The van der Waals surface area contributed by atoms with Crippen LogP contribution in [0.4, 0.5) is 0 Å². The van der Waals surface area contributed by atoms with Crippen LogP contribution in [0.5, 0.6) is 0 Å². The highest BCUT2D eigenvalue weighted by atomic mass is 16.3. The van der Waals surface area contributed by atoms with Crippen LogP contribution in [-0.2, 0) is 0 Å². The van der Waals surface area contributed by atoms with Gasteiger partial charge in [0.15, 0.2) is 0 Å². The maximum Gasteiger partial charge on any atom is 0.134 e. The molecule has 0 aliphatic heterocycles. The van der Waals surface area contributed by atoms with E-state index >= 15 is 0 Å². The Balaban J connectivity index is 1.85. The molecule has 104 valence electrons. The van der Waals surface area contributed by atoms with E-state index in [9.17, 15) is 0 Å². The smallest absolute Gasteiger partial charge is 0.134 e. The van der Waals surface area contributed by atoms with Crippen molar-refractivity contribution in [3.05, 3.63) is 59.7 Å². The first-order valence-corrected chi connectivity index (χ1v) is 6.94. The lowest BCUT2D eigenvalue weighted by molar-refractivity contribution is 0.371. The number of para-hydroxylation sites is 1. The molecule has 2 atom stereocenters. The standard InChI is InChI=1S/C17H19NO2/c1-11-14-7-4-5-8-16(14)20-17(11)13(3)18-12(2)15-9-6-10-19-15/h4-10,12-13,18H,1-3H3/t12-,13?/m1/s1. The lowest BCUT2D eigenvalue weighted by Crippen LogP contribution is -2.22. The van der Waals surface area contributed by atoms with Gasteiger partial charge in [0, 0.05) is 5.39 Å². The predicted molar refractivity (Wildman–Crippen MR) is 79.6 cm³/mol. The second-order valence-corrected chi connectivity index (χ2v) is 5.21. The molecule has 0 saturated heterocycles. The lowest BCUT2D eigenvalue weighted by Gasteiger charge is -2.17. The number of hydrogen-bond acceptors (Lipinski definition) is 3. The van der Waals surface area contributed by atoms with Gasteiger partial charge >= 0.3 is 0 Å². The number of fused-ring (bicyclic) bond motifs is 1. The van der Waals surface area contributed by atoms with Crippen LogP contribution in [0.1, 0.15) is 43.0 Å². The normalized spacial score (nSPS) is 14.6. The third-order valence-electron chi connectivity index (χ3n) is 3.74. The van der Waals surface area contributed by atoms with E-state index < -0.39 is 0 Å². The third-order valence-corrected chi connectivity index (χ3v) is 3.74. The summed E-state index contributed by atoms with van der Waals surface area (Å²) < 4.78 is 11.4. The van der Waals surface area contributed by atoms with Crippen molar-refractivity contribution in [1.82, 2.24) is 5.32 Å². The van der Waals surface area contributed by atoms with Crippen molar-refractivity contribution in [3.8, 4) is 0 Å². The molecule has 3 rings (SSSR count). The quantitative estimate of drug-likeness (QED) is 0.743. The number of nitrogens with one attached hydrogen (secondary N) is 1. The summed E-state index contributed by atoms with van der Waals surface area (Å²) in [6.07, 6.45) is 1.70. The minimum atomic E-state index is 0.127. The molecule has 0 spiro atoms. The van der Waals surface area contributed by atoms with Crippen LogP contribution in [0.3, 0.4) is 0 Å². The van der Waals surface area contributed by atoms with Gasteiger partial charge < -0.3 is 8.83 Å². The number of rotatable bonds is 4. The predicted octanol–water partition coefficient (Wildman–Crippen LogP) is 4.75. The molecule has 0 radical (unpaired) electrons. The van der Waals surface area contributed by atoms with Crippen molar-refractivity contribution in [1.29, 1.82) is 0 Å². The summed E-state index contributed by atoms with van der Waals surface area (Å²) in [6, 6.07) is 12.3. The van der Waals surface area contributed by atoms with E-state index in [1.165, 1.54) is 10.9 Å². The summed E-state index contributed by atoms with van der Waals surface area (Å²) in [4.78, 5) is 0. The van der Waals surface area contributed by atoms with E-state index in [1.54, 1.807) is 6.26 Å². The van der Waals surface area contributed by atoms with E-state index in [0.717, 1.165) is 17.1 Å². The van der Waals surface area contributed by atoms with Gasteiger partial charge in [-0.05, 0) is 44.5 Å². The maximum absolute atomic E-state index is 5.99. The first-order valence-electron chi connectivity index (χ1n) is 6.94. The van der Waals surface area contributed by atoms with E-state index in [2.05, 4.69) is 32.2 Å². The Morgan fingerprint density at radius 3 is 2.50 bits per heavy atom. The molecular formula is C17H19NO2. The van der Waals surface area contributed by atoms with Gasteiger partial charge in [0.2, 0.25) is 0 Å². The van der Waals surface area contributed by atoms with Crippen LogP contribution in [-0.4, -0.2) is 0 Å². The molecule has 3 aromatic rings. The van der Waals surface area contributed by atoms with Crippen molar-refractivity contribution in [2.75, 3.05) is 0 Å². The topological polar surface area (TPSA) is 38.3 Å². The number of furan rings is 2. The molecule has 1 unspecified atom stereocenters. The van der Waals surface area contributed by atoms with Gasteiger partial charge in [-0.1, -0.05) is 18.2 Å². The highest BCUT2D eigenvalue weighted by Crippen LogP contribution is 2.30. The van der Waals surface area contributed by atoms with Crippen molar-refractivity contribution in [2.45, 2.75) is 32.9 Å². The average Bonchev–Trinajstić information content (AvgIpc) is 3.07. The number of aryl methyl sites for hydroxylation is 1. The Hall–Kier alpha value is -2.00. The van der Waals surface area contributed by atoms with Crippen LogP contribution < -0.4 is 5.32 Å². The fourth-order valence-corrected chi connectivity index (χ4v) is 2.68. The molecule has 2 aromatic heterocycles. The number of benzene rings is 1. The van der Waals surface area contributed by atoms with Gasteiger partial charge in [-0.2, -0.15) is 0 Å². The van der Waals surface area contributed by atoms with Crippen molar-refractivity contribution in [2.24, 2.45) is 0 Å². The number of hydrogen-bond donors (Lipinski definition) is 1. The van der Waals surface area contributed by atoms with Crippen LogP contribution >= 0.6 is 0 Å². The Bertz CT molecular complexity index is 697. The zero-order valence-electron chi connectivity index (χ0n) is 12.0. The Morgan fingerprint density at radius 1 is 1.00 bits per heavy atom. The van der Waals surface area contributed by atoms with E-state index in [4.69, 9.17) is 8.83 Å². The molecule has 0 amide bonds. The monoisotopic (exact) mass is 269 g/mol. The third kappa shape index (κ3) is 2.25. The highest BCUT2D eigenvalue weighted by Gasteiger charge is 2.19.